The van der Waals surface area contributed by atoms with E-state index in [-0.39, 0.29) is 5.78 Å². The lowest BCUT2D eigenvalue weighted by molar-refractivity contribution is -0.418. The molecule has 1 aliphatic rings. The van der Waals surface area contributed by atoms with Crippen molar-refractivity contribution in [1.29, 1.82) is 0 Å². The summed E-state index contributed by atoms with van der Waals surface area (Å²) in [5.41, 5.74) is 2.21. The van der Waals surface area contributed by atoms with E-state index in [1.165, 1.54) is 5.56 Å². The number of hydrogen-bond acceptors (Lipinski definition) is 2. The molecule has 0 N–H and O–H groups in total. The molecule has 112 valence electrons. The van der Waals surface area contributed by atoms with Crippen LogP contribution < -0.4 is 0 Å². The summed E-state index contributed by atoms with van der Waals surface area (Å²) in [4.78, 5) is 14.6. The molecule has 0 unspecified atom stereocenters. The Bertz CT molecular complexity index is 544. The lowest BCUT2D eigenvalue weighted by Crippen LogP contribution is -2.34. The first-order valence-corrected chi connectivity index (χ1v) is 7.64. The van der Waals surface area contributed by atoms with Crippen LogP contribution >= 0.6 is 0 Å². The van der Waals surface area contributed by atoms with Crippen LogP contribution in [0.5, 0.6) is 0 Å². The van der Waals surface area contributed by atoms with Crippen molar-refractivity contribution >= 4 is 11.5 Å². The Balaban J connectivity index is 1.92. The molecule has 1 heterocycles. The fourth-order valence-electron chi connectivity index (χ4n) is 2.59. The van der Waals surface area contributed by atoms with Gasteiger partial charge in [-0.1, -0.05) is 30.3 Å². The average Bonchev–Trinajstić information content (AvgIpc) is 2.90. The van der Waals surface area contributed by atoms with E-state index < -0.39 is 0 Å². The smallest absolute Gasteiger partial charge is 0.228 e. The molecular weight excluding hydrogens is 260 g/mol. The molecule has 0 radical (unpaired) electrons. The van der Waals surface area contributed by atoms with E-state index in [2.05, 4.69) is 43.0 Å². The van der Waals surface area contributed by atoms with Gasteiger partial charge in [-0.25, -0.2) is 4.58 Å². The fourth-order valence-corrected chi connectivity index (χ4v) is 2.59. The lowest BCUT2D eigenvalue weighted by atomic mass is 10.1. The number of ketones is 1. The maximum atomic E-state index is 12.3. The number of rotatable bonds is 7. The highest BCUT2D eigenvalue weighted by molar-refractivity contribution is 6.38. The molecule has 0 bridgehead atoms. The number of Topliss-reactive ketones (excluding diaryl/α,β-unsaturated/α-hetero) is 1. The lowest BCUT2D eigenvalue weighted by Gasteiger charge is -2.26. The first kappa shape index (κ1) is 15.6. The first-order chi connectivity index (χ1) is 10.1. The quantitative estimate of drug-likeness (QED) is 0.719. The average molecular weight is 285 g/mol. The van der Waals surface area contributed by atoms with Crippen molar-refractivity contribution in [2.24, 2.45) is 0 Å². The molecule has 0 fully saturated rings. The van der Waals surface area contributed by atoms with Crippen LogP contribution in [-0.2, 0) is 11.3 Å². The monoisotopic (exact) mass is 285 g/mol. The second-order valence-electron chi connectivity index (χ2n) is 5.87. The zero-order valence-electron chi connectivity index (χ0n) is 13.2. The highest BCUT2D eigenvalue weighted by Crippen LogP contribution is 2.10. The molecule has 1 aliphatic heterocycles. The molecule has 1 aromatic rings. The predicted molar refractivity (Wildman–Crippen MR) is 86.6 cm³/mol. The predicted octanol–water partition coefficient (Wildman–Crippen LogP) is 2.86. The molecule has 0 aromatic heterocycles. The Hall–Kier alpha value is -1.74. The van der Waals surface area contributed by atoms with Gasteiger partial charge in [0.15, 0.2) is 6.20 Å². The minimum atomic E-state index is 0.265. The van der Waals surface area contributed by atoms with E-state index in [9.17, 15) is 4.79 Å². The Morgan fingerprint density at radius 2 is 2.00 bits per heavy atom. The number of allylic oxidation sites excluding steroid dienone is 1. The van der Waals surface area contributed by atoms with E-state index in [1.54, 1.807) is 0 Å². The van der Waals surface area contributed by atoms with Gasteiger partial charge in [-0.3, -0.25) is 9.69 Å². The van der Waals surface area contributed by atoms with Gasteiger partial charge < -0.3 is 0 Å². The van der Waals surface area contributed by atoms with Gasteiger partial charge in [0.1, 0.15) is 7.05 Å². The van der Waals surface area contributed by atoms with E-state index in [1.807, 2.05) is 30.0 Å². The molecule has 1 aromatic carbocycles. The summed E-state index contributed by atoms with van der Waals surface area (Å²) < 4.78 is 1.94. The van der Waals surface area contributed by atoms with Gasteiger partial charge in [-0.15, -0.1) is 0 Å². The summed E-state index contributed by atoms with van der Waals surface area (Å²) in [6.07, 6.45) is 5.37. The third-order valence-corrected chi connectivity index (χ3v) is 3.97. The van der Waals surface area contributed by atoms with Crippen LogP contribution in [0.3, 0.4) is 0 Å². The summed E-state index contributed by atoms with van der Waals surface area (Å²) in [6, 6.07) is 10.9. The van der Waals surface area contributed by atoms with E-state index >= 15 is 0 Å². The minimum absolute atomic E-state index is 0.265. The van der Waals surface area contributed by atoms with E-state index in [0.29, 0.717) is 12.5 Å². The second kappa shape index (κ2) is 7.32. The second-order valence-corrected chi connectivity index (χ2v) is 5.87. The van der Waals surface area contributed by atoms with Crippen LogP contribution in [0, 0.1) is 0 Å². The Labute approximate surface area is 127 Å². The van der Waals surface area contributed by atoms with E-state index in [0.717, 1.165) is 25.2 Å². The van der Waals surface area contributed by atoms with Gasteiger partial charge in [-0.2, -0.15) is 0 Å². The molecular formula is C18H25N2O+. The van der Waals surface area contributed by atoms with Crippen molar-refractivity contribution in [2.45, 2.75) is 39.3 Å². The molecule has 0 saturated carbocycles. The molecule has 21 heavy (non-hydrogen) atoms. The van der Waals surface area contributed by atoms with Crippen LogP contribution in [0.25, 0.3) is 0 Å². The Kier molecular flexibility index (Phi) is 5.45. The zero-order chi connectivity index (χ0) is 15.2. The largest absolute Gasteiger partial charge is 0.296 e. The summed E-state index contributed by atoms with van der Waals surface area (Å²) in [5, 5.41) is 0. The number of carbonyl (C=O) groups is 1. The van der Waals surface area contributed by atoms with Crippen molar-refractivity contribution in [2.75, 3.05) is 13.6 Å². The molecule has 0 atom stereocenters. The van der Waals surface area contributed by atoms with Gasteiger partial charge in [0.2, 0.25) is 11.5 Å². The molecule has 0 aliphatic carbocycles. The fraction of sp³-hybridized carbons (Fsp3) is 0.444. The number of hydrogen-bond donors (Lipinski definition) is 0. The van der Waals surface area contributed by atoms with Crippen LogP contribution in [0.4, 0.5) is 0 Å². The Morgan fingerprint density at radius 1 is 1.29 bits per heavy atom. The zero-order valence-corrected chi connectivity index (χ0v) is 13.2. The molecule has 0 saturated heterocycles. The van der Waals surface area contributed by atoms with Crippen molar-refractivity contribution in [3.8, 4) is 0 Å². The van der Waals surface area contributed by atoms with Crippen LogP contribution in [0.1, 0.15) is 32.3 Å². The van der Waals surface area contributed by atoms with Crippen LogP contribution in [0.2, 0.25) is 0 Å². The standard InChI is InChI=1S/C18H25N2O/c1-15(2)20(14-16-8-5-4-6-9-16)13-11-18(21)17-10-7-12-19(17)3/h4-9,12,15H,10-11,13-14H2,1-3H3/q+1. The first-order valence-electron chi connectivity index (χ1n) is 7.64. The van der Waals surface area contributed by atoms with Crippen molar-refractivity contribution in [1.82, 2.24) is 4.90 Å². The third-order valence-electron chi connectivity index (χ3n) is 3.97. The number of carbonyl (C=O) groups excluding carboxylic acids is 1. The van der Waals surface area contributed by atoms with Crippen LogP contribution in [0.15, 0.2) is 42.6 Å². The molecule has 0 spiro atoms. The highest BCUT2D eigenvalue weighted by atomic mass is 16.1. The Morgan fingerprint density at radius 3 is 2.57 bits per heavy atom. The molecule has 0 amide bonds. The minimum Gasteiger partial charge on any atom is -0.296 e. The van der Waals surface area contributed by atoms with Crippen molar-refractivity contribution in [3.05, 3.63) is 48.2 Å². The molecule has 3 heteroatoms. The summed E-state index contributed by atoms with van der Waals surface area (Å²) in [5.74, 6) is 0.265. The third kappa shape index (κ3) is 4.36. The summed E-state index contributed by atoms with van der Waals surface area (Å²) in [7, 11) is 1.95. The van der Waals surface area contributed by atoms with Crippen LogP contribution in [-0.4, -0.2) is 40.6 Å². The van der Waals surface area contributed by atoms with E-state index in [4.69, 9.17) is 0 Å². The molecule has 3 nitrogen and oxygen atoms in total. The highest BCUT2D eigenvalue weighted by Gasteiger charge is 2.23. The van der Waals surface area contributed by atoms with Gasteiger partial charge >= 0.3 is 0 Å². The topological polar surface area (TPSA) is 23.3 Å². The SMILES string of the molecule is CC(C)N(CCC(=O)C1=[N+](C)C=CC1)Cc1ccccc1. The van der Waals surface area contributed by atoms with Gasteiger partial charge in [0.25, 0.3) is 0 Å². The summed E-state index contributed by atoms with van der Waals surface area (Å²) in [6.45, 7) is 6.07. The number of nitrogens with zero attached hydrogens (tertiary/aromatic N) is 2. The summed E-state index contributed by atoms with van der Waals surface area (Å²) >= 11 is 0. The van der Waals surface area contributed by atoms with Gasteiger partial charge in [-0.05, 0) is 25.5 Å². The van der Waals surface area contributed by atoms with Gasteiger partial charge in [0.05, 0.1) is 6.42 Å². The van der Waals surface area contributed by atoms with Gasteiger partial charge in [0, 0.05) is 25.6 Å². The molecule has 2 rings (SSSR count). The maximum absolute atomic E-state index is 12.3. The normalized spacial score (nSPS) is 14.5. The maximum Gasteiger partial charge on any atom is 0.228 e. The van der Waals surface area contributed by atoms with Crippen molar-refractivity contribution in [3.63, 3.8) is 0 Å². The number of benzene rings is 1. The van der Waals surface area contributed by atoms with Crippen molar-refractivity contribution < 1.29 is 9.37 Å².